The highest BCUT2D eigenvalue weighted by Gasteiger charge is 2.54. The van der Waals surface area contributed by atoms with Crippen molar-refractivity contribution in [1.82, 2.24) is 5.32 Å². The number of carbonyl (C=O) groups excluding carboxylic acids is 2. The molecule has 5 rings (SSSR count). The van der Waals surface area contributed by atoms with Gasteiger partial charge in [-0.25, -0.2) is 0 Å². The van der Waals surface area contributed by atoms with Crippen molar-refractivity contribution in [3.63, 3.8) is 0 Å². The van der Waals surface area contributed by atoms with Crippen molar-refractivity contribution in [1.29, 1.82) is 0 Å². The van der Waals surface area contributed by atoms with Crippen molar-refractivity contribution in [2.45, 2.75) is 51.9 Å². The normalized spacial score (nSPS) is 30.1. The Kier molecular flexibility index (Phi) is 5.61. The van der Waals surface area contributed by atoms with Gasteiger partial charge in [0.1, 0.15) is 19.0 Å². The summed E-state index contributed by atoms with van der Waals surface area (Å²) in [6, 6.07) is 7.76. The minimum absolute atomic E-state index is 0.152. The van der Waals surface area contributed by atoms with E-state index in [1.54, 1.807) is 0 Å². The lowest BCUT2D eigenvalue weighted by molar-refractivity contribution is -0.147. The van der Waals surface area contributed by atoms with Gasteiger partial charge in [0.05, 0.1) is 6.42 Å². The second-order valence-corrected chi connectivity index (χ2v) is 9.09. The lowest BCUT2D eigenvalue weighted by atomic mass is 9.49. The molecule has 4 aliphatic rings. The summed E-state index contributed by atoms with van der Waals surface area (Å²) in [5.74, 6) is 2.88. The van der Waals surface area contributed by atoms with Gasteiger partial charge in [-0.3, -0.25) is 9.59 Å². The molecule has 0 spiro atoms. The molecule has 4 fully saturated rings. The van der Waals surface area contributed by atoms with E-state index in [0.717, 1.165) is 42.8 Å². The first-order valence-electron chi connectivity index (χ1n) is 10.7. The Morgan fingerprint density at radius 2 is 1.61 bits per heavy atom. The van der Waals surface area contributed by atoms with Gasteiger partial charge >= 0.3 is 5.97 Å². The molecule has 1 aromatic carbocycles. The largest absolute Gasteiger partial charge is 0.490 e. The van der Waals surface area contributed by atoms with Crippen molar-refractivity contribution in [2.75, 3.05) is 19.8 Å². The zero-order chi connectivity index (χ0) is 19.6. The molecular formula is C23H31NO4. The van der Waals surface area contributed by atoms with E-state index in [1.807, 2.05) is 31.2 Å². The molecule has 5 nitrogen and oxygen atoms in total. The molecule has 1 aromatic rings. The monoisotopic (exact) mass is 385 g/mol. The molecule has 28 heavy (non-hydrogen) atoms. The number of benzene rings is 1. The summed E-state index contributed by atoms with van der Waals surface area (Å²) < 4.78 is 10.7. The van der Waals surface area contributed by atoms with E-state index in [2.05, 4.69) is 5.32 Å². The number of nitrogens with one attached hydrogen (secondary N) is 1. The summed E-state index contributed by atoms with van der Waals surface area (Å²) >= 11 is 0. The maximum Gasteiger partial charge on any atom is 0.307 e. The zero-order valence-electron chi connectivity index (χ0n) is 16.7. The van der Waals surface area contributed by atoms with Gasteiger partial charge in [-0.1, -0.05) is 17.7 Å². The minimum atomic E-state index is -0.293. The Morgan fingerprint density at radius 3 is 2.21 bits per heavy atom. The molecule has 0 saturated heterocycles. The van der Waals surface area contributed by atoms with Crippen molar-refractivity contribution in [3.05, 3.63) is 29.8 Å². The molecule has 152 valence electrons. The molecule has 0 atom stereocenters. The molecule has 0 aromatic heterocycles. The molecule has 5 heteroatoms. The summed E-state index contributed by atoms with van der Waals surface area (Å²) in [5, 5.41) is 3.02. The Hall–Kier alpha value is -2.04. The second-order valence-electron chi connectivity index (χ2n) is 9.09. The number of ether oxygens (including phenoxy) is 2. The van der Waals surface area contributed by atoms with E-state index in [0.29, 0.717) is 13.2 Å². The lowest BCUT2D eigenvalue weighted by Crippen LogP contribution is -2.53. The summed E-state index contributed by atoms with van der Waals surface area (Å²) in [6.07, 6.45) is 7.32. The first kappa shape index (κ1) is 19.3. The van der Waals surface area contributed by atoms with Crippen LogP contribution in [-0.4, -0.2) is 31.6 Å². The fraction of sp³-hybridized carbons (Fsp3) is 0.652. The van der Waals surface area contributed by atoms with Gasteiger partial charge in [-0.15, -0.1) is 0 Å². The van der Waals surface area contributed by atoms with E-state index < -0.39 is 0 Å². The molecule has 0 unspecified atom stereocenters. The van der Waals surface area contributed by atoms with Gasteiger partial charge < -0.3 is 14.8 Å². The molecule has 0 heterocycles. The highest BCUT2D eigenvalue weighted by molar-refractivity contribution is 5.83. The second kappa shape index (κ2) is 8.14. The summed E-state index contributed by atoms with van der Waals surface area (Å²) in [4.78, 5) is 24.7. The van der Waals surface area contributed by atoms with Gasteiger partial charge in [-0.2, -0.15) is 0 Å². The van der Waals surface area contributed by atoms with Crippen LogP contribution in [-0.2, 0) is 14.3 Å². The SMILES string of the molecule is Cc1ccc(OCCOC(=O)CCNC(=O)C23CC4CC(CC(C4)C2)C3)cc1. The van der Waals surface area contributed by atoms with Crippen LogP contribution in [0.4, 0.5) is 0 Å². The molecule has 4 saturated carbocycles. The van der Waals surface area contributed by atoms with Crippen LogP contribution in [0.3, 0.4) is 0 Å². The van der Waals surface area contributed by atoms with Crippen molar-refractivity contribution < 1.29 is 19.1 Å². The van der Waals surface area contributed by atoms with Crippen molar-refractivity contribution >= 4 is 11.9 Å². The zero-order valence-corrected chi connectivity index (χ0v) is 16.7. The first-order valence-corrected chi connectivity index (χ1v) is 10.7. The van der Waals surface area contributed by atoms with Crippen molar-refractivity contribution in [2.24, 2.45) is 23.2 Å². The highest BCUT2D eigenvalue weighted by atomic mass is 16.6. The van der Waals surface area contributed by atoms with Crippen molar-refractivity contribution in [3.8, 4) is 5.75 Å². The van der Waals surface area contributed by atoms with Gasteiger partial charge in [-0.05, 0) is 75.3 Å². The summed E-state index contributed by atoms with van der Waals surface area (Å²) in [5.41, 5.74) is 1.02. The Morgan fingerprint density at radius 1 is 1.00 bits per heavy atom. The van der Waals surface area contributed by atoms with Crippen LogP contribution in [0.2, 0.25) is 0 Å². The molecule has 4 bridgehead atoms. The molecule has 0 aliphatic heterocycles. The Bertz CT molecular complexity index is 677. The molecule has 4 aliphatic carbocycles. The van der Waals surface area contributed by atoms with E-state index >= 15 is 0 Å². The number of rotatable bonds is 8. The number of aryl methyl sites for hydroxylation is 1. The van der Waals surface area contributed by atoms with Crippen LogP contribution in [0.5, 0.6) is 5.75 Å². The van der Waals surface area contributed by atoms with Crippen LogP contribution in [0.1, 0.15) is 50.5 Å². The van der Waals surface area contributed by atoms with E-state index in [4.69, 9.17) is 9.47 Å². The number of hydrogen-bond acceptors (Lipinski definition) is 4. The molecular weight excluding hydrogens is 354 g/mol. The predicted molar refractivity (Wildman–Crippen MR) is 106 cm³/mol. The smallest absolute Gasteiger partial charge is 0.307 e. The van der Waals surface area contributed by atoms with Gasteiger partial charge in [0.15, 0.2) is 0 Å². The van der Waals surface area contributed by atoms with Crippen LogP contribution in [0.25, 0.3) is 0 Å². The predicted octanol–water partition coefficient (Wildman–Crippen LogP) is 3.64. The van der Waals surface area contributed by atoms with Gasteiger partial charge in [0, 0.05) is 12.0 Å². The van der Waals surface area contributed by atoms with Crippen LogP contribution < -0.4 is 10.1 Å². The van der Waals surface area contributed by atoms with E-state index in [-0.39, 0.29) is 30.3 Å². The lowest BCUT2D eigenvalue weighted by Gasteiger charge is -2.55. The number of amides is 1. The summed E-state index contributed by atoms with van der Waals surface area (Å²) in [7, 11) is 0. The topological polar surface area (TPSA) is 64.6 Å². The Labute approximate surface area is 167 Å². The maximum atomic E-state index is 12.8. The number of esters is 1. The van der Waals surface area contributed by atoms with Crippen LogP contribution in [0.15, 0.2) is 24.3 Å². The molecule has 1 amide bonds. The van der Waals surface area contributed by atoms with Gasteiger partial charge in [0.25, 0.3) is 0 Å². The highest BCUT2D eigenvalue weighted by Crippen LogP contribution is 2.60. The third kappa shape index (κ3) is 4.34. The Balaban J connectivity index is 1.13. The maximum absolute atomic E-state index is 12.8. The van der Waals surface area contributed by atoms with E-state index in [1.165, 1.54) is 24.8 Å². The van der Waals surface area contributed by atoms with Crippen LogP contribution >= 0.6 is 0 Å². The standard InChI is InChI=1S/C23H31NO4/c1-16-2-4-20(5-3-16)27-8-9-28-21(25)6-7-24-22(26)23-13-17-10-18(14-23)12-19(11-17)15-23/h2-5,17-19H,6-15H2,1H3,(H,24,26). The fourth-order valence-corrected chi connectivity index (χ4v) is 5.88. The average molecular weight is 386 g/mol. The first-order chi connectivity index (χ1) is 13.5. The molecule has 0 radical (unpaired) electrons. The van der Waals surface area contributed by atoms with Crippen LogP contribution in [0, 0.1) is 30.1 Å². The quantitative estimate of drug-likeness (QED) is 0.548. The number of hydrogen-bond donors (Lipinski definition) is 1. The third-order valence-corrected chi connectivity index (χ3v) is 6.77. The fourth-order valence-electron chi connectivity index (χ4n) is 5.88. The molecule has 1 N–H and O–H groups in total. The minimum Gasteiger partial charge on any atom is -0.490 e. The summed E-state index contributed by atoms with van der Waals surface area (Å²) in [6.45, 7) is 2.93. The van der Waals surface area contributed by atoms with Gasteiger partial charge in [0.2, 0.25) is 5.91 Å². The van der Waals surface area contributed by atoms with E-state index in [9.17, 15) is 9.59 Å². The average Bonchev–Trinajstić information content (AvgIpc) is 2.65. The third-order valence-electron chi connectivity index (χ3n) is 6.77. The number of carbonyl (C=O) groups is 2.